The zero-order valence-corrected chi connectivity index (χ0v) is 14.7. The van der Waals surface area contributed by atoms with Gasteiger partial charge in [0.1, 0.15) is 5.52 Å². The first-order chi connectivity index (χ1) is 12.2. The molecular formula is C19H26N4O2. The minimum Gasteiger partial charge on any atom is -0.423 e. The summed E-state index contributed by atoms with van der Waals surface area (Å²) in [6.07, 6.45) is 3.89. The van der Waals surface area contributed by atoms with Crippen molar-refractivity contribution in [2.75, 3.05) is 24.5 Å². The van der Waals surface area contributed by atoms with Crippen molar-refractivity contribution in [1.82, 2.24) is 15.6 Å². The van der Waals surface area contributed by atoms with E-state index < -0.39 is 0 Å². The Balaban J connectivity index is 1.33. The topological polar surface area (TPSA) is 70.4 Å². The van der Waals surface area contributed by atoms with E-state index in [2.05, 4.69) is 27.4 Å². The second-order valence-electron chi connectivity index (χ2n) is 7.23. The second-order valence-corrected chi connectivity index (χ2v) is 7.23. The highest BCUT2D eigenvalue weighted by Gasteiger charge is 2.30. The average Bonchev–Trinajstić information content (AvgIpc) is 3.08. The van der Waals surface area contributed by atoms with E-state index >= 15 is 0 Å². The lowest BCUT2D eigenvalue weighted by atomic mass is 9.94. The summed E-state index contributed by atoms with van der Waals surface area (Å²) < 4.78 is 5.84. The number of carbonyl (C=O) groups is 1. The van der Waals surface area contributed by atoms with Crippen molar-refractivity contribution in [1.29, 1.82) is 0 Å². The number of hydrogen-bond donors (Lipinski definition) is 2. The van der Waals surface area contributed by atoms with Crippen LogP contribution in [0.25, 0.3) is 11.1 Å². The number of benzene rings is 1. The fourth-order valence-electron chi connectivity index (χ4n) is 3.87. The number of piperidine rings is 2. The molecule has 6 nitrogen and oxygen atoms in total. The molecule has 6 heteroatoms. The second kappa shape index (κ2) is 7.04. The summed E-state index contributed by atoms with van der Waals surface area (Å²) >= 11 is 0. The van der Waals surface area contributed by atoms with Gasteiger partial charge in [-0.2, -0.15) is 4.98 Å². The molecule has 0 radical (unpaired) electrons. The normalized spacial score (nSPS) is 25.2. The van der Waals surface area contributed by atoms with Crippen molar-refractivity contribution < 1.29 is 9.21 Å². The van der Waals surface area contributed by atoms with Gasteiger partial charge in [-0.1, -0.05) is 12.1 Å². The maximum atomic E-state index is 12.6. The van der Waals surface area contributed by atoms with E-state index in [1.165, 1.54) is 0 Å². The minimum absolute atomic E-state index is 0.0924. The lowest BCUT2D eigenvalue weighted by Crippen LogP contribution is -2.53. The number of carbonyl (C=O) groups excluding carboxylic acids is 1. The molecule has 2 unspecified atom stereocenters. The van der Waals surface area contributed by atoms with E-state index in [0.29, 0.717) is 12.1 Å². The molecule has 2 saturated heterocycles. The SMILES string of the molecule is CC1NCCCC1NC(=O)C1CCN(c2nc3ccccc3o2)CC1. The Morgan fingerprint density at radius 2 is 2.08 bits per heavy atom. The Kier molecular flexibility index (Phi) is 4.61. The molecule has 0 aliphatic carbocycles. The summed E-state index contributed by atoms with van der Waals surface area (Å²) in [4.78, 5) is 19.3. The third kappa shape index (κ3) is 3.49. The largest absolute Gasteiger partial charge is 0.423 e. The zero-order valence-electron chi connectivity index (χ0n) is 14.7. The van der Waals surface area contributed by atoms with Crippen molar-refractivity contribution >= 4 is 23.0 Å². The predicted molar refractivity (Wildman–Crippen MR) is 97.6 cm³/mol. The Morgan fingerprint density at radius 3 is 2.84 bits per heavy atom. The number of amides is 1. The smallest absolute Gasteiger partial charge is 0.298 e. The number of aromatic nitrogens is 1. The van der Waals surface area contributed by atoms with Crippen LogP contribution in [0.3, 0.4) is 0 Å². The average molecular weight is 342 g/mol. The van der Waals surface area contributed by atoms with Gasteiger partial charge in [-0.15, -0.1) is 0 Å². The molecule has 2 fully saturated rings. The van der Waals surface area contributed by atoms with Gasteiger partial charge in [0.15, 0.2) is 5.58 Å². The number of para-hydroxylation sites is 2. The Bertz CT molecular complexity index is 703. The zero-order chi connectivity index (χ0) is 17.2. The van der Waals surface area contributed by atoms with Crippen LogP contribution in [0.2, 0.25) is 0 Å². The van der Waals surface area contributed by atoms with Gasteiger partial charge < -0.3 is 20.0 Å². The molecular weight excluding hydrogens is 316 g/mol. The van der Waals surface area contributed by atoms with E-state index in [1.54, 1.807) is 0 Å². The van der Waals surface area contributed by atoms with Crippen LogP contribution in [0.15, 0.2) is 28.7 Å². The molecule has 1 aromatic carbocycles. The van der Waals surface area contributed by atoms with Gasteiger partial charge in [0.05, 0.1) is 0 Å². The molecule has 0 bridgehead atoms. The summed E-state index contributed by atoms with van der Waals surface area (Å²) in [7, 11) is 0. The number of anilines is 1. The van der Waals surface area contributed by atoms with Gasteiger partial charge in [-0.3, -0.25) is 4.79 Å². The quantitative estimate of drug-likeness (QED) is 0.896. The number of oxazole rings is 1. The molecule has 0 saturated carbocycles. The summed E-state index contributed by atoms with van der Waals surface area (Å²) in [6, 6.07) is 9.10. The molecule has 2 aliphatic rings. The lowest BCUT2D eigenvalue weighted by molar-refractivity contribution is -0.126. The minimum atomic E-state index is 0.0924. The van der Waals surface area contributed by atoms with Gasteiger partial charge in [0, 0.05) is 31.1 Å². The Labute approximate surface area is 148 Å². The first kappa shape index (κ1) is 16.4. The summed E-state index contributed by atoms with van der Waals surface area (Å²) in [5.41, 5.74) is 1.70. The van der Waals surface area contributed by atoms with Gasteiger partial charge in [-0.25, -0.2) is 0 Å². The monoisotopic (exact) mass is 342 g/mol. The number of nitrogens with zero attached hydrogens (tertiary/aromatic N) is 2. The summed E-state index contributed by atoms with van der Waals surface area (Å²) in [5.74, 6) is 0.299. The van der Waals surface area contributed by atoms with Crippen LogP contribution in [0, 0.1) is 5.92 Å². The number of rotatable bonds is 3. The van der Waals surface area contributed by atoms with Crippen LogP contribution in [0.5, 0.6) is 0 Å². The van der Waals surface area contributed by atoms with Gasteiger partial charge in [-0.05, 0) is 51.3 Å². The van der Waals surface area contributed by atoms with Crippen LogP contribution in [-0.4, -0.2) is 42.6 Å². The van der Waals surface area contributed by atoms with Crippen LogP contribution < -0.4 is 15.5 Å². The number of nitrogens with one attached hydrogen (secondary N) is 2. The molecule has 2 aliphatic heterocycles. The third-order valence-corrected chi connectivity index (χ3v) is 5.51. The van der Waals surface area contributed by atoms with Crippen LogP contribution in [-0.2, 0) is 4.79 Å². The molecule has 3 heterocycles. The molecule has 1 amide bonds. The lowest BCUT2D eigenvalue weighted by Gasteiger charge is -2.34. The standard InChI is InChI=1S/C19H26N4O2/c1-13-15(6-4-10-20-13)21-18(24)14-8-11-23(12-9-14)19-22-16-5-2-3-7-17(16)25-19/h2-3,5,7,13-15,20H,4,6,8-12H2,1H3,(H,21,24). The molecule has 25 heavy (non-hydrogen) atoms. The Morgan fingerprint density at radius 1 is 1.28 bits per heavy atom. The summed E-state index contributed by atoms with van der Waals surface area (Å²) in [6.45, 7) is 4.82. The molecule has 0 spiro atoms. The van der Waals surface area contributed by atoms with Crippen LogP contribution in [0.1, 0.15) is 32.6 Å². The van der Waals surface area contributed by atoms with Crippen LogP contribution in [0.4, 0.5) is 6.01 Å². The van der Waals surface area contributed by atoms with Gasteiger partial charge in [0.25, 0.3) is 6.01 Å². The van der Waals surface area contributed by atoms with E-state index in [1.807, 2.05) is 24.3 Å². The first-order valence-corrected chi connectivity index (χ1v) is 9.35. The van der Waals surface area contributed by atoms with E-state index in [9.17, 15) is 4.79 Å². The van der Waals surface area contributed by atoms with Crippen LogP contribution >= 0.6 is 0 Å². The predicted octanol–water partition coefficient (Wildman–Crippen LogP) is 2.30. The number of fused-ring (bicyclic) bond motifs is 1. The molecule has 2 N–H and O–H groups in total. The van der Waals surface area contributed by atoms with Crippen molar-refractivity contribution in [2.45, 2.75) is 44.7 Å². The summed E-state index contributed by atoms with van der Waals surface area (Å²) in [5, 5.41) is 6.69. The first-order valence-electron chi connectivity index (χ1n) is 9.35. The van der Waals surface area contributed by atoms with E-state index in [0.717, 1.165) is 56.4 Å². The fourth-order valence-corrected chi connectivity index (χ4v) is 3.87. The van der Waals surface area contributed by atoms with Gasteiger partial charge >= 0.3 is 0 Å². The molecule has 134 valence electrons. The highest BCUT2D eigenvalue weighted by Crippen LogP contribution is 2.26. The van der Waals surface area contributed by atoms with Crippen molar-refractivity contribution in [3.8, 4) is 0 Å². The van der Waals surface area contributed by atoms with E-state index in [-0.39, 0.29) is 17.9 Å². The molecule has 4 rings (SSSR count). The fraction of sp³-hybridized carbons (Fsp3) is 0.579. The Hall–Kier alpha value is -2.08. The highest BCUT2D eigenvalue weighted by molar-refractivity contribution is 5.79. The number of hydrogen-bond acceptors (Lipinski definition) is 5. The maximum absolute atomic E-state index is 12.6. The molecule has 2 aromatic rings. The van der Waals surface area contributed by atoms with Crippen molar-refractivity contribution in [2.24, 2.45) is 5.92 Å². The van der Waals surface area contributed by atoms with Gasteiger partial charge in [0.2, 0.25) is 5.91 Å². The van der Waals surface area contributed by atoms with Crippen molar-refractivity contribution in [3.05, 3.63) is 24.3 Å². The van der Waals surface area contributed by atoms with Crippen molar-refractivity contribution in [3.63, 3.8) is 0 Å². The highest BCUT2D eigenvalue weighted by atomic mass is 16.4. The van der Waals surface area contributed by atoms with E-state index in [4.69, 9.17) is 4.42 Å². The maximum Gasteiger partial charge on any atom is 0.298 e. The molecule has 2 atom stereocenters. The third-order valence-electron chi connectivity index (χ3n) is 5.51. The molecule has 1 aromatic heterocycles.